The molecule has 22 heavy (non-hydrogen) atoms. The van der Waals surface area contributed by atoms with E-state index in [4.69, 9.17) is 11.5 Å². The highest BCUT2D eigenvalue weighted by Crippen LogP contribution is 2.19. The van der Waals surface area contributed by atoms with Crippen molar-refractivity contribution >= 4 is 24.0 Å². The maximum atomic E-state index is 11.3. The number of rotatable bonds is 6. The van der Waals surface area contributed by atoms with Crippen LogP contribution in [-0.2, 0) is 22.4 Å². The van der Waals surface area contributed by atoms with E-state index in [0.29, 0.717) is 0 Å². The Morgan fingerprint density at radius 3 is 2.14 bits per heavy atom. The van der Waals surface area contributed by atoms with Gasteiger partial charge in [-0.25, -0.2) is 0 Å². The molecule has 2 aromatic rings. The summed E-state index contributed by atoms with van der Waals surface area (Å²) in [6.07, 6.45) is 4.04. The number of hydrogen-bond donors (Lipinski definition) is 2. The largest absolute Gasteiger partial charge is 0.369 e. The van der Waals surface area contributed by atoms with Gasteiger partial charge in [0, 0.05) is 0 Å². The van der Waals surface area contributed by atoms with Crippen LogP contribution in [-0.4, -0.2) is 11.8 Å². The van der Waals surface area contributed by atoms with Crippen molar-refractivity contribution in [2.75, 3.05) is 0 Å². The van der Waals surface area contributed by atoms with Crippen LogP contribution in [0.4, 0.5) is 0 Å². The fraction of sp³-hybridized carbons (Fsp3) is 0.111. The van der Waals surface area contributed by atoms with Crippen LogP contribution >= 0.6 is 0 Å². The first-order chi connectivity index (χ1) is 10.6. The van der Waals surface area contributed by atoms with Gasteiger partial charge in [-0.15, -0.1) is 0 Å². The van der Waals surface area contributed by atoms with E-state index in [2.05, 4.69) is 0 Å². The summed E-state index contributed by atoms with van der Waals surface area (Å²) in [4.78, 5) is 22.5. The van der Waals surface area contributed by atoms with Gasteiger partial charge in [-0.3, -0.25) is 9.59 Å². The fourth-order valence-corrected chi connectivity index (χ4v) is 2.30. The SMILES string of the molecule is NC(=O)Cc1cccc(C=Cc2ccccc2)c1CC(N)=O. The Morgan fingerprint density at radius 1 is 0.818 bits per heavy atom. The van der Waals surface area contributed by atoms with Crippen LogP contribution in [0.15, 0.2) is 48.5 Å². The molecule has 0 atom stereocenters. The van der Waals surface area contributed by atoms with Crippen molar-refractivity contribution in [1.29, 1.82) is 0 Å². The summed E-state index contributed by atoms with van der Waals surface area (Å²) in [5, 5.41) is 0. The van der Waals surface area contributed by atoms with Gasteiger partial charge in [-0.05, 0) is 22.3 Å². The minimum Gasteiger partial charge on any atom is -0.369 e. The minimum atomic E-state index is -0.439. The molecule has 2 aromatic carbocycles. The standard InChI is InChI=1S/C18H18N2O2/c19-17(21)11-15-8-4-7-14(16(15)12-18(20)22)10-9-13-5-2-1-3-6-13/h1-10H,11-12H2,(H2,19,21)(H2,20,22). The molecule has 4 nitrogen and oxygen atoms in total. The minimum absolute atomic E-state index is 0.0813. The van der Waals surface area contributed by atoms with Crippen LogP contribution in [0.1, 0.15) is 22.3 Å². The molecule has 0 spiro atoms. The number of amides is 2. The van der Waals surface area contributed by atoms with E-state index >= 15 is 0 Å². The second kappa shape index (κ2) is 7.22. The second-order valence-electron chi connectivity index (χ2n) is 5.02. The number of carbonyl (C=O) groups excluding carboxylic acids is 2. The molecule has 0 saturated heterocycles. The summed E-state index contributed by atoms with van der Waals surface area (Å²) in [5.41, 5.74) is 14.0. The highest BCUT2D eigenvalue weighted by atomic mass is 16.1. The lowest BCUT2D eigenvalue weighted by Crippen LogP contribution is -2.19. The van der Waals surface area contributed by atoms with Gasteiger partial charge in [-0.2, -0.15) is 0 Å². The van der Waals surface area contributed by atoms with Gasteiger partial charge < -0.3 is 11.5 Å². The molecule has 0 aromatic heterocycles. The number of carbonyl (C=O) groups is 2. The molecule has 112 valence electrons. The van der Waals surface area contributed by atoms with E-state index in [0.717, 1.165) is 22.3 Å². The number of nitrogens with two attached hydrogens (primary N) is 2. The highest BCUT2D eigenvalue weighted by molar-refractivity contribution is 5.83. The van der Waals surface area contributed by atoms with Crippen LogP contribution in [0.2, 0.25) is 0 Å². The van der Waals surface area contributed by atoms with Crippen LogP contribution < -0.4 is 11.5 Å². The zero-order chi connectivity index (χ0) is 15.9. The molecule has 0 radical (unpaired) electrons. The lowest BCUT2D eigenvalue weighted by Gasteiger charge is -2.10. The van der Waals surface area contributed by atoms with Gasteiger partial charge in [0.15, 0.2) is 0 Å². The lowest BCUT2D eigenvalue weighted by molar-refractivity contribution is -0.118. The van der Waals surface area contributed by atoms with Crippen LogP contribution in [0.3, 0.4) is 0 Å². The Balaban J connectivity index is 2.39. The van der Waals surface area contributed by atoms with E-state index in [9.17, 15) is 9.59 Å². The summed E-state index contributed by atoms with van der Waals surface area (Å²) in [6, 6.07) is 15.3. The molecule has 2 amide bonds. The second-order valence-corrected chi connectivity index (χ2v) is 5.02. The van der Waals surface area contributed by atoms with Crippen molar-refractivity contribution in [3.8, 4) is 0 Å². The monoisotopic (exact) mass is 294 g/mol. The van der Waals surface area contributed by atoms with E-state index in [1.165, 1.54) is 0 Å². The Labute approximate surface area is 129 Å². The van der Waals surface area contributed by atoms with E-state index < -0.39 is 11.8 Å². The molecule has 0 fully saturated rings. The van der Waals surface area contributed by atoms with Gasteiger partial charge in [0.25, 0.3) is 0 Å². The number of benzene rings is 2. The molecule has 0 aliphatic rings. The average molecular weight is 294 g/mol. The quantitative estimate of drug-likeness (QED) is 0.797. The average Bonchev–Trinajstić information content (AvgIpc) is 2.48. The van der Waals surface area contributed by atoms with E-state index in [1.54, 1.807) is 6.07 Å². The van der Waals surface area contributed by atoms with Gasteiger partial charge in [0.1, 0.15) is 0 Å². The van der Waals surface area contributed by atoms with Crippen molar-refractivity contribution in [1.82, 2.24) is 0 Å². The van der Waals surface area contributed by atoms with Gasteiger partial charge in [0.05, 0.1) is 12.8 Å². The van der Waals surface area contributed by atoms with Crippen molar-refractivity contribution < 1.29 is 9.59 Å². The molecule has 0 heterocycles. The molecule has 4 heteroatoms. The third-order valence-electron chi connectivity index (χ3n) is 3.28. The molecule has 0 aliphatic heterocycles. The van der Waals surface area contributed by atoms with Crippen molar-refractivity contribution in [3.05, 3.63) is 70.8 Å². The number of primary amides is 2. The summed E-state index contributed by atoms with van der Waals surface area (Å²) >= 11 is 0. The molecule has 0 saturated carbocycles. The Hall–Kier alpha value is -2.88. The predicted molar refractivity (Wildman–Crippen MR) is 87.6 cm³/mol. The zero-order valence-corrected chi connectivity index (χ0v) is 12.2. The van der Waals surface area contributed by atoms with Crippen molar-refractivity contribution in [3.63, 3.8) is 0 Å². The van der Waals surface area contributed by atoms with Crippen LogP contribution in [0.5, 0.6) is 0 Å². The fourth-order valence-electron chi connectivity index (χ4n) is 2.30. The Kier molecular flexibility index (Phi) is 5.09. The highest BCUT2D eigenvalue weighted by Gasteiger charge is 2.11. The molecule has 2 rings (SSSR count). The van der Waals surface area contributed by atoms with E-state index in [-0.39, 0.29) is 12.8 Å². The van der Waals surface area contributed by atoms with Gasteiger partial charge in [0.2, 0.25) is 11.8 Å². The third-order valence-corrected chi connectivity index (χ3v) is 3.28. The Morgan fingerprint density at radius 2 is 1.50 bits per heavy atom. The van der Waals surface area contributed by atoms with Crippen molar-refractivity contribution in [2.24, 2.45) is 11.5 Å². The summed E-state index contributed by atoms with van der Waals surface area (Å²) in [6.45, 7) is 0. The predicted octanol–water partition coefficient (Wildman–Crippen LogP) is 1.91. The number of hydrogen-bond acceptors (Lipinski definition) is 2. The summed E-state index contributed by atoms with van der Waals surface area (Å²) < 4.78 is 0. The van der Waals surface area contributed by atoms with Crippen LogP contribution in [0.25, 0.3) is 12.2 Å². The summed E-state index contributed by atoms with van der Waals surface area (Å²) in [7, 11) is 0. The van der Waals surface area contributed by atoms with Crippen molar-refractivity contribution in [2.45, 2.75) is 12.8 Å². The smallest absolute Gasteiger partial charge is 0.221 e. The van der Waals surface area contributed by atoms with E-state index in [1.807, 2.05) is 54.6 Å². The first kappa shape index (κ1) is 15.5. The first-order valence-corrected chi connectivity index (χ1v) is 6.97. The normalized spacial score (nSPS) is 10.7. The van der Waals surface area contributed by atoms with Crippen LogP contribution in [0, 0.1) is 0 Å². The van der Waals surface area contributed by atoms with Gasteiger partial charge >= 0.3 is 0 Å². The molecule has 4 N–H and O–H groups in total. The first-order valence-electron chi connectivity index (χ1n) is 6.97. The Bertz CT molecular complexity index is 706. The van der Waals surface area contributed by atoms with Gasteiger partial charge in [-0.1, -0.05) is 60.7 Å². The maximum absolute atomic E-state index is 11.3. The summed E-state index contributed by atoms with van der Waals surface area (Å²) in [5.74, 6) is -0.874. The molecular formula is C18H18N2O2. The lowest BCUT2D eigenvalue weighted by atomic mass is 9.95. The molecular weight excluding hydrogens is 276 g/mol. The molecule has 0 bridgehead atoms. The topological polar surface area (TPSA) is 86.2 Å². The molecule has 0 unspecified atom stereocenters. The molecule has 0 aliphatic carbocycles. The third kappa shape index (κ3) is 4.31. The zero-order valence-electron chi connectivity index (χ0n) is 12.2. The maximum Gasteiger partial charge on any atom is 0.221 e.